The van der Waals surface area contributed by atoms with Crippen molar-refractivity contribution in [2.45, 2.75) is 65.3 Å². The summed E-state index contributed by atoms with van der Waals surface area (Å²) in [5.41, 5.74) is 0.964. The summed E-state index contributed by atoms with van der Waals surface area (Å²) < 4.78 is 4.91. The molecule has 1 heterocycles. The lowest BCUT2D eigenvalue weighted by Gasteiger charge is -2.12. The average molecular weight is 298 g/mol. The molecule has 0 fully saturated rings. The number of esters is 1. The van der Waals surface area contributed by atoms with Gasteiger partial charge in [-0.2, -0.15) is 0 Å². The van der Waals surface area contributed by atoms with Crippen molar-refractivity contribution in [3.05, 3.63) is 11.1 Å². The fourth-order valence-electron chi connectivity index (χ4n) is 1.93. The number of ether oxygens (including phenoxy) is 1. The van der Waals surface area contributed by atoms with Gasteiger partial charge in [-0.25, -0.2) is 4.98 Å². The first-order valence-electron chi connectivity index (χ1n) is 7.52. The number of nitrogens with zero attached hydrogens (tertiary/aromatic N) is 1. The molecule has 4 nitrogen and oxygen atoms in total. The predicted octanol–water partition coefficient (Wildman–Crippen LogP) is 4.02. The van der Waals surface area contributed by atoms with Crippen molar-refractivity contribution in [1.29, 1.82) is 0 Å². The molecule has 0 radical (unpaired) electrons. The van der Waals surface area contributed by atoms with Crippen LogP contribution >= 0.6 is 11.3 Å². The lowest BCUT2D eigenvalue weighted by atomic mass is 10.1. The van der Waals surface area contributed by atoms with Gasteiger partial charge in [0, 0.05) is 17.8 Å². The van der Waals surface area contributed by atoms with Crippen LogP contribution in [0.15, 0.2) is 5.38 Å². The normalized spacial score (nSPS) is 12.2. The number of unbranched alkanes of at least 4 members (excludes halogenated alkanes) is 2. The Morgan fingerprint density at radius 3 is 2.95 bits per heavy atom. The number of hydrogen-bond donors (Lipinski definition) is 1. The van der Waals surface area contributed by atoms with E-state index in [-0.39, 0.29) is 5.97 Å². The van der Waals surface area contributed by atoms with Gasteiger partial charge in [0.05, 0.1) is 18.7 Å². The zero-order valence-corrected chi connectivity index (χ0v) is 13.6. The Labute approximate surface area is 125 Å². The number of nitrogens with one attached hydrogen (secondary N) is 1. The molecule has 1 N–H and O–H groups in total. The highest BCUT2D eigenvalue weighted by Gasteiger charge is 2.08. The summed E-state index contributed by atoms with van der Waals surface area (Å²) in [7, 11) is 0. The Kier molecular flexibility index (Phi) is 8.26. The molecule has 0 saturated carbocycles. The highest BCUT2D eigenvalue weighted by atomic mass is 32.1. The van der Waals surface area contributed by atoms with Crippen molar-refractivity contribution in [3.63, 3.8) is 0 Å². The zero-order valence-electron chi connectivity index (χ0n) is 12.8. The van der Waals surface area contributed by atoms with Gasteiger partial charge in [-0.3, -0.25) is 4.79 Å². The van der Waals surface area contributed by atoms with Gasteiger partial charge in [0.25, 0.3) is 0 Å². The second-order valence-corrected chi connectivity index (χ2v) is 5.85. The number of carbonyl (C=O) groups is 1. The summed E-state index contributed by atoms with van der Waals surface area (Å²) >= 11 is 1.61. The van der Waals surface area contributed by atoms with Crippen molar-refractivity contribution >= 4 is 22.4 Å². The Morgan fingerprint density at radius 2 is 2.25 bits per heavy atom. The standard InChI is InChI=1S/C15H26N2O2S/c1-4-6-7-8-12(3)16-15-17-13(11-20-15)9-10-14(18)19-5-2/h11-12H,4-10H2,1-3H3,(H,16,17). The first kappa shape index (κ1) is 17.0. The summed E-state index contributed by atoms with van der Waals surface area (Å²) in [4.78, 5) is 15.8. The highest BCUT2D eigenvalue weighted by Crippen LogP contribution is 2.19. The van der Waals surface area contributed by atoms with Crippen LogP contribution in [-0.2, 0) is 16.0 Å². The Morgan fingerprint density at radius 1 is 1.45 bits per heavy atom. The maximum Gasteiger partial charge on any atom is 0.306 e. The largest absolute Gasteiger partial charge is 0.466 e. The molecule has 0 spiro atoms. The van der Waals surface area contributed by atoms with Crippen LogP contribution in [0.4, 0.5) is 5.13 Å². The molecule has 1 atom stereocenters. The fourth-order valence-corrected chi connectivity index (χ4v) is 2.79. The van der Waals surface area contributed by atoms with Gasteiger partial charge in [0.1, 0.15) is 0 Å². The molecular formula is C15H26N2O2S. The van der Waals surface area contributed by atoms with Crippen LogP contribution in [0.3, 0.4) is 0 Å². The summed E-state index contributed by atoms with van der Waals surface area (Å²) in [6.07, 6.45) is 6.03. The van der Waals surface area contributed by atoms with E-state index in [4.69, 9.17) is 4.74 Å². The molecule has 0 aliphatic carbocycles. The topological polar surface area (TPSA) is 51.2 Å². The van der Waals surface area contributed by atoms with Gasteiger partial charge in [0.15, 0.2) is 5.13 Å². The molecule has 0 aliphatic rings. The first-order chi connectivity index (χ1) is 9.65. The van der Waals surface area contributed by atoms with E-state index in [1.807, 2.05) is 12.3 Å². The number of hydrogen-bond acceptors (Lipinski definition) is 5. The van der Waals surface area contributed by atoms with Gasteiger partial charge in [-0.05, 0) is 20.3 Å². The van der Waals surface area contributed by atoms with Gasteiger partial charge in [0.2, 0.25) is 0 Å². The second-order valence-electron chi connectivity index (χ2n) is 4.99. The Hall–Kier alpha value is -1.10. The third kappa shape index (κ3) is 6.89. The third-order valence-corrected chi connectivity index (χ3v) is 3.88. The van der Waals surface area contributed by atoms with Crippen molar-refractivity contribution in [2.24, 2.45) is 0 Å². The zero-order chi connectivity index (χ0) is 14.8. The molecule has 1 rings (SSSR count). The first-order valence-corrected chi connectivity index (χ1v) is 8.40. The monoisotopic (exact) mass is 298 g/mol. The molecule has 114 valence electrons. The van der Waals surface area contributed by atoms with Crippen LogP contribution in [0.1, 0.15) is 58.6 Å². The lowest BCUT2D eigenvalue weighted by molar-refractivity contribution is -0.143. The van der Waals surface area contributed by atoms with Gasteiger partial charge < -0.3 is 10.1 Å². The summed E-state index contributed by atoms with van der Waals surface area (Å²) in [5, 5.41) is 6.39. The van der Waals surface area contributed by atoms with Gasteiger partial charge in [-0.15, -0.1) is 11.3 Å². The maximum absolute atomic E-state index is 11.3. The van der Waals surface area contributed by atoms with E-state index in [2.05, 4.69) is 24.1 Å². The van der Waals surface area contributed by atoms with Gasteiger partial charge >= 0.3 is 5.97 Å². The van der Waals surface area contributed by atoms with Crippen LogP contribution in [-0.4, -0.2) is 23.6 Å². The van der Waals surface area contributed by atoms with Crippen LogP contribution in [0.5, 0.6) is 0 Å². The minimum absolute atomic E-state index is 0.150. The van der Waals surface area contributed by atoms with Crippen LogP contribution < -0.4 is 5.32 Å². The minimum atomic E-state index is -0.150. The molecule has 0 aromatic carbocycles. The minimum Gasteiger partial charge on any atom is -0.466 e. The molecule has 1 unspecified atom stereocenters. The van der Waals surface area contributed by atoms with Crippen LogP contribution in [0.2, 0.25) is 0 Å². The third-order valence-electron chi connectivity index (χ3n) is 3.05. The number of aromatic nitrogens is 1. The second kappa shape index (κ2) is 9.75. The molecule has 0 aliphatic heterocycles. The van der Waals surface area contributed by atoms with Crippen molar-refractivity contribution in [2.75, 3.05) is 11.9 Å². The van der Waals surface area contributed by atoms with E-state index in [0.717, 1.165) is 10.8 Å². The fraction of sp³-hybridized carbons (Fsp3) is 0.733. The van der Waals surface area contributed by atoms with Gasteiger partial charge in [-0.1, -0.05) is 26.2 Å². The molecule has 20 heavy (non-hydrogen) atoms. The smallest absolute Gasteiger partial charge is 0.306 e. The molecule has 0 amide bonds. The molecule has 0 bridgehead atoms. The SMILES string of the molecule is CCCCCC(C)Nc1nc(CCC(=O)OCC)cs1. The van der Waals surface area contributed by atoms with E-state index < -0.39 is 0 Å². The number of anilines is 1. The van der Waals surface area contributed by atoms with E-state index in [1.165, 1.54) is 25.7 Å². The van der Waals surface area contributed by atoms with Crippen molar-refractivity contribution < 1.29 is 9.53 Å². The number of thiazole rings is 1. The highest BCUT2D eigenvalue weighted by molar-refractivity contribution is 7.13. The van der Waals surface area contributed by atoms with Crippen LogP contribution in [0, 0.1) is 0 Å². The average Bonchev–Trinajstić information content (AvgIpc) is 2.85. The van der Waals surface area contributed by atoms with E-state index in [0.29, 0.717) is 25.5 Å². The van der Waals surface area contributed by atoms with Crippen LogP contribution in [0.25, 0.3) is 0 Å². The van der Waals surface area contributed by atoms with E-state index >= 15 is 0 Å². The number of rotatable bonds is 10. The Bertz CT molecular complexity index is 393. The molecular weight excluding hydrogens is 272 g/mol. The quantitative estimate of drug-likeness (QED) is 0.523. The number of carbonyl (C=O) groups excluding carboxylic acids is 1. The summed E-state index contributed by atoms with van der Waals surface area (Å²) in [6, 6.07) is 0.450. The molecule has 0 saturated heterocycles. The predicted molar refractivity (Wildman–Crippen MR) is 84.3 cm³/mol. The maximum atomic E-state index is 11.3. The molecule has 1 aromatic rings. The molecule has 5 heteroatoms. The van der Waals surface area contributed by atoms with E-state index in [1.54, 1.807) is 11.3 Å². The van der Waals surface area contributed by atoms with Crippen molar-refractivity contribution in [3.8, 4) is 0 Å². The molecule has 1 aromatic heterocycles. The summed E-state index contributed by atoms with van der Waals surface area (Å²) in [5.74, 6) is -0.150. The number of aryl methyl sites for hydroxylation is 1. The Balaban J connectivity index is 2.30. The van der Waals surface area contributed by atoms with Crippen molar-refractivity contribution in [1.82, 2.24) is 4.98 Å². The van der Waals surface area contributed by atoms with E-state index in [9.17, 15) is 4.79 Å². The lowest BCUT2D eigenvalue weighted by Crippen LogP contribution is -2.14. The summed E-state index contributed by atoms with van der Waals surface area (Å²) in [6.45, 7) is 6.67.